The van der Waals surface area contributed by atoms with Gasteiger partial charge in [-0.3, -0.25) is 0 Å². The van der Waals surface area contributed by atoms with Gasteiger partial charge in [0.1, 0.15) is 5.75 Å². The summed E-state index contributed by atoms with van der Waals surface area (Å²) in [5.74, 6) is 0.429. The van der Waals surface area contributed by atoms with Gasteiger partial charge in [-0.25, -0.2) is 0 Å². The van der Waals surface area contributed by atoms with Gasteiger partial charge in [-0.15, -0.1) is 0 Å². The predicted octanol–water partition coefficient (Wildman–Crippen LogP) is 6.68. The fraction of sp³-hybridized carbons (Fsp3) is 0.333. The van der Waals surface area contributed by atoms with Gasteiger partial charge in [0.15, 0.2) is 0 Å². The second-order valence-electron chi connectivity index (χ2n) is 7.52. The van der Waals surface area contributed by atoms with E-state index in [9.17, 15) is 5.11 Å². The van der Waals surface area contributed by atoms with Gasteiger partial charge in [0.05, 0.1) is 0 Å². The lowest BCUT2D eigenvalue weighted by atomic mass is 9.83. The summed E-state index contributed by atoms with van der Waals surface area (Å²) < 4.78 is 0. The van der Waals surface area contributed by atoms with Gasteiger partial charge >= 0.3 is 0 Å². The van der Waals surface area contributed by atoms with Crippen LogP contribution in [0.2, 0.25) is 0 Å². The lowest BCUT2D eigenvalue weighted by Crippen LogP contribution is -1.99. The van der Waals surface area contributed by atoms with Crippen LogP contribution in [-0.2, 0) is 0 Å². The highest BCUT2D eigenvalue weighted by molar-refractivity contribution is 6.05. The molecule has 3 aromatic rings. The van der Waals surface area contributed by atoms with Crippen LogP contribution in [-0.4, -0.2) is 5.11 Å². The van der Waals surface area contributed by atoms with Crippen LogP contribution in [0, 0.1) is 55.4 Å². The van der Waals surface area contributed by atoms with Crippen LogP contribution in [0.3, 0.4) is 0 Å². The van der Waals surface area contributed by atoms with Crippen molar-refractivity contribution in [2.45, 2.75) is 55.4 Å². The van der Waals surface area contributed by atoms with Crippen molar-refractivity contribution in [2.24, 2.45) is 0 Å². The standard InChI is InChI=1S/C24H28O/c1-12-9-10-20(16(5)14(12)3)22-18(7)19(8)24(25)23-17(6)15(4)13(2)11-21(22)23/h9-11,25H,1-8H3. The van der Waals surface area contributed by atoms with Crippen molar-refractivity contribution in [3.05, 3.63) is 62.7 Å². The summed E-state index contributed by atoms with van der Waals surface area (Å²) in [6.45, 7) is 17.1. The monoisotopic (exact) mass is 332 g/mol. The number of benzene rings is 3. The number of phenols is 1. The van der Waals surface area contributed by atoms with E-state index in [1.54, 1.807) is 0 Å². The molecule has 0 unspecified atom stereocenters. The second-order valence-corrected chi connectivity index (χ2v) is 7.52. The van der Waals surface area contributed by atoms with Crippen molar-refractivity contribution in [3.8, 4) is 16.9 Å². The Labute approximate surface area is 151 Å². The highest BCUT2D eigenvalue weighted by atomic mass is 16.3. The van der Waals surface area contributed by atoms with Crippen LogP contribution >= 0.6 is 0 Å². The van der Waals surface area contributed by atoms with Crippen molar-refractivity contribution >= 4 is 10.8 Å². The SMILES string of the molecule is Cc1ccc(-c2c(C)c(C)c(O)c3c(C)c(C)c(C)cc23)c(C)c1C. The number of hydrogen-bond acceptors (Lipinski definition) is 1. The molecule has 130 valence electrons. The zero-order chi connectivity index (χ0) is 18.6. The third-order valence-electron chi connectivity index (χ3n) is 6.29. The molecule has 3 aromatic carbocycles. The molecule has 1 nitrogen and oxygen atoms in total. The molecule has 0 amide bonds. The van der Waals surface area contributed by atoms with Crippen molar-refractivity contribution in [2.75, 3.05) is 0 Å². The van der Waals surface area contributed by atoms with Gasteiger partial charge in [0.25, 0.3) is 0 Å². The lowest BCUT2D eigenvalue weighted by Gasteiger charge is -2.21. The lowest BCUT2D eigenvalue weighted by molar-refractivity contribution is 0.477. The molecule has 0 saturated heterocycles. The smallest absolute Gasteiger partial charge is 0.126 e. The van der Waals surface area contributed by atoms with E-state index in [0.717, 1.165) is 16.3 Å². The number of phenolic OH excluding ortho intramolecular Hbond substituents is 1. The molecule has 0 radical (unpaired) electrons. The van der Waals surface area contributed by atoms with E-state index in [1.807, 2.05) is 6.92 Å². The van der Waals surface area contributed by atoms with Crippen LogP contribution in [0.25, 0.3) is 21.9 Å². The van der Waals surface area contributed by atoms with Crippen LogP contribution in [0.15, 0.2) is 18.2 Å². The number of aromatic hydroxyl groups is 1. The summed E-state index contributed by atoms with van der Waals surface area (Å²) in [5.41, 5.74) is 12.4. The summed E-state index contributed by atoms with van der Waals surface area (Å²) >= 11 is 0. The van der Waals surface area contributed by atoms with E-state index in [2.05, 4.69) is 66.7 Å². The molecule has 0 aliphatic rings. The Balaban J connectivity index is 2.59. The zero-order valence-corrected chi connectivity index (χ0v) is 16.7. The Kier molecular flexibility index (Phi) is 4.15. The van der Waals surface area contributed by atoms with Gasteiger partial charge in [-0.05, 0) is 116 Å². The minimum Gasteiger partial charge on any atom is -0.507 e. The molecular weight excluding hydrogens is 304 g/mol. The molecule has 0 aromatic heterocycles. The first-order valence-electron chi connectivity index (χ1n) is 8.96. The van der Waals surface area contributed by atoms with Crippen LogP contribution in [0.5, 0.6) is 5.75 Å². The molecular formula is C24H28O. The molecule has 1 heteroatoms. The van der Waals surface area contributed by atoms with Gasteiger partial charge < -0.3 is 5.11 Å². The summed E-state index contributed by atoms with van der Waals surface area (Å²) in [6, 6.07) is 6.69. The minimum atomic E-state index is 0.429. The van der Waals surface area contributed by atoms with Crippen molar-refractivity contribution < 1.29 is 5.11 Å². The first-order chi connectivity index (χ1) is 11.7. The largest absolute Gasteiger partial charge is 0.507 e. The molecule has 25 heavy (non-hydrogen) atoms. The average Bonchev–Trinajstić information content (AvgIpc) is 2.57. The quantitative estimate of drug-likeness (QED) is 0.527. The number of fused-ring (bicyclic) bond motifs is 1. The van der Waals surface area contributed by atoms with Crippen LogP contribution < -0.4 is 0 Å². The Morgan fingerprint density at radius 3 is 1.84 bits per heavy atom. The average molecular weight is 332 g/mol. The Hall–Kier alpha value is -2.28. The Morgan fingerprint density at radius 2 is 1.20 bits per heavy atom. The van der Waals surface area contributed by atoms with E-state index >= 15 is 0 Å². The van der Waals surface area contributed by atoms with E-state index in [4.69, 9.17) is 0 Å². The zero-order valence-electron chi connectivity index (χ0n) is 16.7. The summed E-state index contributed by atoms with van der Waals surface area (Å²) in [6.07, 6.45) is 0. The molecule has 0 spiro atoms. The van der Waals surface area contributed by atoms with Gasteiger partial charge in [0.2, 0.25) is 0 Å². The normalized spacial score (nSPS) is 11.4. The van der Waals surface area contributed by atoms with Gasteiger partial charge in [-0.2, -0.15) is 0 Å². The summed E-state index contributed by atoms with van der Waals surface area (Å²) in [7, 11) is 0. The van der Waals surface area contributed by atoms with E-state index in [0.29, 0.717) is 5.75 Å². The molecule has 0 atom stereocenters. The fourth-order valence-corrected chi connectivity index (χ4v) is 3.91. The Morgan fingerprint density at radius 1 is 0.600 bits per heavy atom. The third kappa shape index (κ3) is 2.45. The van der Waals surface area contributed by atoms with E-state index in [-0.39, 0.29) is 0 Å². The van der Waals surface area contributed by atoms with Gasteiger partial charge in [0, 0.05) is 5.39 Å². The van der Waals surface area contributed by atoms with Crippen LogP contribution in [0.4, 0.5) is 0 Å². The maximum atomic E-state index is 10.9. The molecule has 0 aliphatic carbocycles. The van der Waals surface area contributed by atoms with Gasteiger partial charge in [-0.1, -0.05) is 18.2 Å². The molecule has 1 N–H and O–H groups in total. The fourth-order valence-electron chi connectivity index (χ4n) is 3.91. The maximum absolute atomic E-state index is 10.9. The molecule has 0 saturated carbocycles. The van der Waals surface area contributed by atoms with Crippen molar-refractivity contribution in [1.82, 2.24) is 0 Å². The first kappa shape index (κ1) is 17.5. The predicted molar refractivity (Wildman–Crippen MR) is 109 cm³/mol. The van der Waals surface area contributed by atoms with E-state index in [1.165, 1.54) is 50.1 Å². The van der Waals surface area contributed by atoms with Crippen molar-refractivity contribution in [1.29, 1.82) is 0 Å². The highest BCUT2D eigenvalue weighted by Crippen LogP contribution is 2.44. The number of hydrogen-bond donors (Lipinski definition) is 1. The first-order valence-corrected chi connectivity index (χ1v) is 8.96. The second kappa shape index (κ2) is 5.91. The van der Waals surface area contributed by atoms with Crippen LogP contribution in [0.1, 0.15) is 44.5 Å². The maximum Gasteiger partial charge on any atom is 0.126 e. The van der Waals surface area contributed by atoms with Crippen molar-refractivity contribution in [3.63, 3.8) is 0 Å². The summed E-state index contributed by atoms with van der Waals surface area (Å²) in [5, 5.41) is 13.0. The molecule has 0 fully saturated rings. The molecule has 0 aliphatic heterocycles. The van der Waals surface area contributed by atoms with E-state index < -0.39 is 0 Å². The molecule has 3 rings (SSSR count). The molecule has 0 bridgehead atoms. The summed E-state index contributed by atoms with van der Waals surface area (Å²) in [4.78, 5) is 0. The number of rotatable bonds is 1. The highest BCUT2D eigenvalue weighted by Gasteiger charge is 2.20. The number of aryl methyl sites for hydroxylation is 3. The Bertz CT molecular complexity index is 1010. The third-order valence-corrected chi connectivity index (χ3v) is 6.29. The topological polar surface area (TPSA) is 20.2 Å². The molecule has 0 heterocycles. The minimum absolute atomic E-state index is 0.429.